The van der Waals surface area contributed by atoms with Crippen LogP contribution in [0.15, 0.2) is 29.3 Å². The normalized spacial score (nSPS) is 14.8. The van der Waals surface area contributed by atoms with E-state index in [1.54, 1.807) is 0 Å². The number of nitrogens with one attached hydrogen (secondary N) is 2. The summed E-state index contributed by atoms with van der Waals surface area (Å²) in [5, 5.41) is 7.12. The zero-order valence-electron chi connectivity index (χ0n) is 7.76. The molecule has 1 aliphatic heterocycles. The van der Waals surface area contributed by atoms with Crippen LogP contribution in [0.4, 0.5) is 0 Å². The summed E-state index contributed by atoms with van der Waals surface area (Å²) in [5.74, 6) is 0.880. The Morgan fingerprint density at radius 2 is 2.43 bits per heavy atom. The molecular weight excluding hydrogens is 198 g/mol. The van der Waals surface area contributed by atoms with E-state index in [2.05, 4.69) is 15.6 Å². The predicted octanol–water partition coefficient (Wildman–Crippen LogP) is 1.39. The average molecular weight is 210 g/mol. The molecule has 0 spiro atoms. The van der Waals surface area contributed by atoms with Crippen molar-refractivity contribution in [1.82, 2.24) is 10.6 Å². The van der Waals surface area contributed by atoms with Crippen molar-refractivity contribution in [3.8, 4) is 0 Å². The van der Waals surface area contributed by atoms with Gasteiger partial charge in [0.2, 0.25) is 0 Å². The summed E-state index contributed by atoms with van der Waals surface area (Å²) in [6.07, 6.45) is 0. The molecule has 0 amide bonds. The first-order valence-corrected chi connectivity index (χ1v) is 4.99. The molecule has 1 aromatic rings. The third-order valence-electron chi connectivity index (χ3n) is 2.02. The van der Waals surface area contributed by atoms with Gasteiger partial charge in [-0.05, 0) is 17.7 Å². The molecule has 2 N–H and O–H groups in total. The van der Waals surface area contributed by atoms with Gasteiger partial charge < -0.3 is 10.6 Å². The van der Waals surface area contributed by atoms with Crippen molar-refractivity contribution in [3.63, 3.8) is 0 Å². The Bertz CT molecular complexity index is 349. The summed E-state index contributed by atoms with van der Waals surface area (Å²) in [6, 6.07) is 7.80. The number of aliphatic imine (C=N–C) groups is 1. The molecular formula is C10H12ClN3. The summed E-state index contributed by atoms with van der Waals surface area (Å²) in [5.41, 5.74) is 1.16. The van der Waals surface area contributed by atoms with E-state index in [1.807, 2.05) is 24.3 Å². The largest absolute Gasteiger partial charge is 0.355 e. The van der Waals surface area contributed by atoms with Crippen molar-refractivity contribution in [2.24, 2.45) is 4.99 Å². The highest BCUT2D eigenvalue weighted by molar-refractivity contribution is 6.30. The highest BCUT2D eigenvalue weighted by atomic mass is 35.5. The Morgan fingerprint density at radius 3 is 3.14 bits per heavy atom. The second kappa shape index (κ2) is 4.33. The van der Waals surface area contributed by atoms with Crippen LogP contribution in [0, 0.1) is 0 Å². The van der Waals surface area contributed by atoms with Crippen LogP contribution in [-0.2, 0) is 6.54 Å². The van der Waals surface area contributed by atoms with Crippen LogP contribution in [0.5, 0.6) is 0 Å². The van der Waals surface area contributed by atoms with Crippen molar-refractivity contribution in [2.45, 2.75) is 6.54 Å². The van der Waals surface area contributed by atoms with E-state index >= 15 is 0 Å². The minimum atomic E-state index is 0.756. The molecule has 0 aromatic heterocycles. The molecule has 0 unspecified atom stereocenters. The van der Waals surface area contributed by atoms with E-state index in [0.29, 0.717) is 0 Å². The van der Waals surface area contributed by atoms with Crippen LogP contribution < -0.4 is 10.6 Å². The predicted molar refractivity (Wildman–Crippen MR) is 58.6 cm³/mol. The fraction of sp³-hybridized carbons (Fsp3) is 0.300. The standard InChI is InChI=1S/C10H12ClN3/c11-9-3-1-2-8(6-9)7-14-10-12-4-5-13-10/h1-3,6H,4-5,7H2,(H2,12,13,14). The minimum absolute atomic E-state index is 0.756. The van der Waals surface area contributed by atoms with Gasteiger partial charge >= 0.3 is 0 Å². The molecule has 0 radical (unpaired) electrons. The monoisotopic (exact) mass is 209 g/mol. The summed E-state index contributed by atoms with van der Waals surface area (Å²) in [4.78, 5) is 4.23. The maximum atomic E-state index is 5.87. The number of halogens is 1. The molecule has 14 heavy (non-hydrogen) atoms. The van der Waals surface area contributed by atoms with Gasteiger partial charge in [0, 0.05) is 18.1 Å². The van der Waals surface area contributed by atoms with Crippen LogP contribution in [0.1, 0.15) is 5.56 Å². The summed E-state index contributed by atoms with van der Waals surface area (Å²) < 4.78 is 0. The van der Waals surface area contributed by atoms with Gasteiger partial charge in [-0.1, -0.05) is 23.7 Å². The van der Waals surface area contributed by atoms with Crippen LogP contribution in [-0.4, -0.2) is 19.0 Å². The fourth-order valence-corrected chi connectivity index (χ4v) is 1.56. The first-order valence-electron chi connectivity index (χ1n) is 4.61. The number of benzene rings is 1. The molecule has 74 valence electrons. The quantitative estimate of drug-likeness (QED) is 0.773. The molecule has 4 heteroatoms. The summed E-state index contributed by atoms with van der Waals surface area (Å²) >= 11 is 5.87. The second-order valence-electron chi connectivity index (χ2n) is 3.14. The Balaban J connectivity index is 1.91. The smallest absolute Gasteiger partial charge is 0.191 e. The zero-order valence-corrected chi connectivity index (χ0v) is 8.51. The topological polar surface area (TPSA) is 36.4 Å². The van der Waals surface area contributed by atoms with Gasteiger partial charge in [0.15, 0.2) is 5.96 Å². The van der Waals surface area contributed by atoms with Crippen molar-refractivity contribution >= 4 is 17.6 Å². The SMILES string of the molecule is Clc1cccc(CNC2=NCCN2)c1. The zero-order chi connectivity index (χ0) is 9.80. The van der Waals surface area contributed by atoms with Crippen LogP contribution in [0.3, 0.4) is 0 Å². The number of nitrogens with zero attached hydrogens (tertiary/aromatic N) is 1. The Hall–Kier alpha value is -1.22. The van der Waals surface area contributed by atoms with Gasteiger partial charge in [0.25, 0.3) is 0 Å². The number of hydrogen-bond acceptors (Lipinski definition) is 3. The highest BCUT2D eigenvalue weighted by Crippen LogP contribution is 2.10. The number of rotatable bonds is 2. The summed E-state index contributed by atoms with van der Waals surface area (Å²) in [6.45, 7) is 2.54. The molecule has 0 atom stereocenters. The average Bonchev–Trinajstić information content (AvgIpc) is 2.67. The second-order valence-corrected chi connectivity index (χ2v) is 3.58. The minimum Gasteiger partial charge on any atom is -0.355 e. The third kappa shape index (κ3) is 2.39. The van der Waals surface area contributed by atoms with Gasteiger partial charge in [0.05, 0.1) is 6.54 Å². The lowest BCUT2D eigenvalue weighted by Gasteiger charge is -2.06. The molecule has 1 heterocycles. The van der Waals surface area contributed by atoms with E-state index in [-0.39, 0.29) is 0 Å². The highest BCUT2D eigenvalue weighted by Gasteiger charge is 2.03. The van der Waals surface area contributed by atoms with E-state index in [4.69, 9.17) is 11.6 Å². The Kier molecular flexibility index (Phi) is 2.89. The van der Waals surface area contributed by atoms with Crippen LogP contribution >= 0.6 is 11.6 Å². The molecule has 0 bridgehead atoms. The third-order valence-corrected chi connectivity index (χ3v) is 2.26. The van der Waals surface area contributed by atoms with Gasteiger partial charge in [-0.15, -0.1) is 0 Å². The molecule has 0 fully saturated rings. The van der Waals surface area contributed by atoms with Gasteiger partial charge in [-0.2, -0.15) is 0 Å². The summed E-state index contributed by atoms with van der Waals surface area (Å²) in [7, 11) is 0. The van der Waals surface area contributed by atoms with Crippen LogP contribution in [0.25, 0.3) is 0 Å². The molecule has 2 rings (SSSR count). The number of hydrogen-bond donors (Lipinski definition) is 2. The van der Waals surface area contributed by atoms with E-state index in [1.165, 1.54) is 0 Å². The van der Waals surface area contributed by atoms with Crippen LogP contribution in [0.2, 0.25) is 5.02 Å². The van der Waals surface area contributed by atoms with Crippen molar-refractivity contribution < 1.29 is 0 Å². The van der Waals surface area contributed by atoms with E-state index < -0.39 is 0 Å². The van der Waals surface area contributed by atoms with Gasteiger partial charge in [-0.25, -0.2) is 0 Å². The van der Waals surface area contributed by atoms with E-state index in [0.717, 1.165) is 36.2 Å². The van der Waals surface area contributed by atoms with E-state index in [9.17, 15) is 0 Å². The first kappa shape index (κ1) is 9.34. The molecule has 0 saturated carbocycles. The Morgan fingerprint density at radius 1 is 1.50 bits per heavy atom. The first-order chi connectivity index (χ1) is 6.84. The molecule has 0 aliphatic carbocycles. The number of guanidine groups is 1. The van der Waals surface area contributed by atoms with Crippen molar-refractivity contribution in [3.05, 3.63) is 34.9 Å². The van der Waals surface area contributed by atoms with Crippen molar-refractivity contribution in [2.75, 3.05) is 13.1 Å². The van der Waals surface area contributed by atoms with Gasteiger partial charge in [0.1, 0.15) is 0 Å². The maximum Gasteiger partial charge on any atom is 0.191 e. The molecule has 3 nitrogen and oxygen atoms in total. The molecule has 0 saturated heterocycles. The molecule has 1 aromatic carbocycles. The van der Waals surface area contributed by atoms with Crippen molar-refractivity contribution in [1.29, 1.82) is 0 Å². The van der Waals surface area contributed by atoms with Gasteiger partial charge in [-0.3, -0.25) is 4.99 Å². The lowest BCUT2D eigenvalue weighted by Crippen LogP contribution is -2.33. The Labute approximate surface area is 88.2 Å². The fourth-order valence-electron chi connectivity index (χ4n) is 1.35. The maximum absolute atomic E-state index is 5.87. The lowest BCUT2D eigenvalue weighted by atomic mass is 10.2. The molecule has 1 aliphatic rings. The lowest BCUT2D eigenvalue weighted by molar-refractivity contribution is 0.867.